The van der Waals surface area contributed by atoms with Crippen molar-refractivity contribution in [1.29, 1.82) is 0 Å². The summed E-state index contributed by atoms with van der Waals surface area (Å²) in [5, 5.41) is 5.41. The molecule has 0 N–H and O–H groups in total. The Labute approximate surface area is 174 Å². The average molecular weight is 492 g/mol. The first-order chi connectivity index (χ1) is 13.0. The zero-order valence-corrected chi connectivity index (χ0v) is 17.6. The molecule has 0 spiro atoms. The third-order valence-electron chi connectivity index (χ3n) is 4.44. The summed E-state index contributed by atoms with van der Waals surface area (Å²) in [5.74, 6) is 0.237. The van der Waals surface area contributed by atoms with Crippen LogP contribution in [0.25, 0.3) is 33.6 Å². The van der Waals surface area contributed by atoms with Gasteiger partial charge in [-0.2, -0.15) is 5.10 Å². The molecule has 0 saturated carbocycles. The quantitative estimate of drug-likeness (QED) is 0.294. The third kappa shape index (κ3) is 3.17. The van der Waals surface area contributed by atoms with Gasteiger partial charge in [0.15, 0.2) is 0 Å². The highest BCUT2D eigenvalue weighted by molar-refractivity contribution is 14.1. The van der Waals surface area contributed by atoms with Crippen molar-refractivity contribution in [2.75, 3.05) is 0 Å². The fraction of sp³-hybridized carbons (Fsp3) is 0.150. The van der Waals surface area contributed by atoms with Crippen LogP contribution in [0.4, 0.5) is 0 Å². The van der Waals surface area contributed by atoms with E-state index in [4.69, 9.17) is 16.0 Å². The summed E-state index contributed by atoms with van der Waals surface area (Å²) in [7, 11) is 1.82. The molecule has 0 saturated heterocycles. The van der Waals surface area contributed by atoms with Gasteiger partial charge in [0, 0.05) is 22.1 Å². The molecule has 0 aliphatic carbocycles. The van der Waals surface area contributed by atoms with Gasteiger partial charge >= 0.3 is 5.63 Å². The van der Waals surface area contributed by atoms with Crippen LogP contribution in [0.5, 0.6) is 0 Å². The van der Waals surface area contributed by atoms with Gasteiger partial charge in [-0.05, 0) is 30.2 Å². The molecule has 0 aliphatic heterocycles. The van der Waals surface area contributed by atoms with E-state index >= 15 is 0 Å². The van der Waals surface area contributed by atoms with Gasteiger partial charge < -0.3 is 4.42 Å². The maximum absolute atomic E-state index is 12.7. The van der Waals surface area contributed by atoms with Crippen molar-refractivity contribution in [1.82, 2.24) is 14.8 Å². The van der Waals surface area contributed by atoms with Crippen LogP contribution < -0.4 is 5.63 Å². The lowest BCUT2D eigenvalue weighted by molar-refractivity contribution is 0.518. The van der Waals surface area contributed by atoms with Crippen molar-refractivity contribution in [3.8, 4) is 22.7 Å². The maximum atomic E-state index is 12.7. The average Bonchev–Trinajstić information content (AvgIpc) is 3.04. The second-order valence-corrected chi connectivity index (χ2v) is 7.43. The van der Waals surface area contributed by atoms with Crippen LogP contribution in [0.3, 0.4) is 0 Å². The number of aryl methyl sites for hydroxylation is 2. The highest BCUT2D eigenvalue weighted by Crippen LogP contribution is 2.35. The second kappa shape index (κ2) is 7.09. The topological polar surface area (TPSA) is 60.9 Å². The molecule has 7 heteroatoms. The van der Waals surface area contributed by atoms with E-state index in [0.717, 1.165) is 26.8 Å². The van der Waals surface area contributed by atoms with E-state index in [-0.39, 0.29) is 5.89 Å². The molecule has 5 nitrogen and oxygen atoms in total. The van der Waals surface area contributed by atoms with Crippen LogP contribution in [-0.4, -0.2) is 14.8 Å². The van der Waals surface area contributed by atoms with E-state index < -0.39 is 5.63 Å². The van der Waals surface area contributed by atoms with E-state index in [9.17, 15) is 4.79 Å². The van der Waals surface area contributed by atoms with E-state index in [2.05, 4.69) is 32.7 Å². The number of nitrogens with zero attached hydrogens (tertiary/aromatic N) is 3. The Balaban J connectivity index is 1.99. The zero-order chi connectivity index (χ0) is 19.1. The molecule has 0 amide bonds. The van der Waals surface area contributed by atoms with Gasteiger partial charge in [0.25, 0.3) is 0 Å². The molecule has 27 heavy (non-hydrogen) atoms. The molecule has 136 valence electrons. The summed E-state index contributed by atoms with van der Waals surface area (Å²) in [6.45, 7) is 1.95. The van der Waals surface area contributed by atoms with Crippen molar-refractivity contribution in [3.05, 3.63) is 69.2 Å². The monoisotopic (exact) mass is 491 g/mol. The van der Waals surface area contributed by atoms with Crippen LogP contribution in [-0.2, 0) is 11.5 Å². The Bertz CT molecular complexity index is 1230. The Morgan fingerprint density at radius 3 is 2.74 bits per heavy atom. The molecule has 4 rings (SSSR count). The number of halogens is 2. The van der Waals surface area contributed by atoms with Crippen LogP contribution in [0.1, 0.15) is 11.1 Å². The minimum Gasteiger partial charge on any atom is -0.403 e. The molecule has 2 heterocycles. The van der Waals surface area contributed by atoms with Crippen LogP contribution in [0.15, 0.2) is 51.8 Å². The van der Waals surface area contributed by atoms with E-state index in [1.165, 1.54) is 0 Å². The molecule has 4 aromatic rings. The van der Waals surface area contributed by atoms with Crippen molar-refractivity contribution >= 4 is 45.1 Å². The highest BCUT2D eigenvalue weighted by atomic mass is 127. The number of rotatable bonds is 3. The fourth-order valence-corrected chi connectivity index (χ4v) is 3.85. The van der Waals surface area contributed by atoms with Gasteiger partial charge in [-0.3, -0.25) is 4.68 Å². The minimum atomic E-state index is -0.404. The number of alkyl halides is 1. The normalized spacial score (nSPS) is 11.3. The Hall–Kier alpha value is -2.19. The summed E-state index contributed by atoms with van der Waals surface area (Å²) in [6, 6.07) is 11.4. The molecule has 0 aliphatic rings. The van der Waals surface area contributed by atoms with E-state index in [1.54, 1.807) is 10.9 Å². The standard InChI is InChI=1S/C20H15ClIN3O2/c1-11-7-12(9-22)8-14-17(11)24-19(27-20(14)26)15-10-23-25(2)18(15)13-5-3-4-6-16(13)21/h3-8,10H,9H2,1-2H3. The summed E-state index contributed by atoms with van der Waals surface area (Å²) in [6.07, 6.45) is 1.64. The molecule has 2 aromatic heterocycles. The molecule has 0 radical (unpaired) electrons. The Morgan fingerprint density at radius 1 is 1.22 bits per heavy atom. The van der Waals surface area contributed by atoms with Crippen molar-refractivity contribution in [2.45, 2.75) is 11.4 Å². The number of benzene rings is 2. The van der Waals surface area contributed by atoms with Crippen molar-refractivity contribution < 1.29 is 4.42 Å². The molecule has 2 aromatic carbocycles. The predicted molar refractivity (Wildman–Crippen MR) is 115 cm³/mol. The summed E-state index contributed by atoms with van der Waals surface area (Å²) >= 11 is 8.65. The van der Waals surface area contributed by atoms with Gasteiger partial charge in [0.1, 0.15) is 0 Å². The minimum absolute atomic E-state index is 0.237. The van der Waals surface area contributed by atoms with E-state index in [1.807, 2.05) is 50.4 Å². The van der Waals surface area contributed by atoms with Crippen LogP contribution in [0, 0.1) is 6.92 Å². The van der Waals surface area contributed by atoms with Crippen molar-refractivity contribution in [2.24, 2.45) is 7.05 Å². The largest absolute Gasteiger partial charge is 0.403 e. The Kier molecular flexibility index (Phi) is 4.77. The number of hydrogen-bond donors (Lipinski definition) is 0. The first-order valence-corrected chi connectivity index (χ1v) is 10.2. The predicted octanol–water partition coefficient (Wildman–Crippen LogP) is 5.15. The van der Waals surface area contributed by atoms with Gasteiger partial charge in [0.2, 0.25) is 5.89 Å². The lowest BCUT2D eigenvalue weighted by atomic mass is 10.1. The lowest BCUT2D eigenvalue weighted by Crippen LogP contribution is -2.05. The molecule has 0 fully saturated rings. The number of aromatic nitrogens is 3. The van der Waals surface area contributed by atoms with Crippen molar-refractivity contribution in [3.63, 3.8) is 0 Å². The maximum Gasteiger partial charge on any atom is 0.347 e. The summed E-state index contributed by atoms with van der Waals surface area (Å²) in [5.41, 5.74) is 4.43. The number of fused-ring (bicyclic) bond motifs is 1. The molecule has 0 atom stereocenters. The first kappa shape index (κ1) is 18.2. The third-order valence-corrected chi connectivity index (χ3v) is 5.65. The highest BCUT2D eigenvalue weighted by Gasteiger charge is 2.20. The van der Waals surface area contributed by atoms with Crippen LogP contribution in [0.2, 0.25) is 5.02 Å². The molecular weight excluding hydrogens is 477 g/mol. The first-order valence-electron chi connectivity index (χ1n) is 8.27. The lowest BCUT2D eigenvalue weighted by Gasteiger charge is -2.09. The van der Waals surface area contributed by atoms with Crippen LogP contribution >= 0.6 is 34.2 Å². The second-order valence-electron chi connectivity index (χ2n) is 6.26. The SMILES string of the molecule is Cc1cc(CI)cc2c(=O)oc(-c3cnn(C)c3-c3ccccc3Cl)nc12. The van der Waals surface area contributed by atoms with Gasteiger partial charge in [-0.15, -0.1) is 0 Å². The van der Waals surface area contributed by atoms with E-state index in [0.29, 0.717) is 21.5 Å². The molecular formula is C20H15ClIN3O2. The van der Waals surface area contributed by atoms with Gasteiger partial charge in [-0.25, -0.2) is 9.78 Å². The summed E-state index contributed by atoms with van der Waals surface area (Å²) in [4.78, 5) is 17.3. The Morgan fingerprint density at radius 2 is 2.00 bits per heavy atom. The smallest absolute Gasteiger partial charge is 0.347 e. The summed E-state index contributed by atoms with van der Waals surface area (Å²) < 4.78 is 8.10. The van der Waals surface area contributed by atoms with Gasteiger partial charge in [0.05, 0.1) is 28.4 Å². The zero-order valence-electron chi connectivity index (χ0n) is 14.7. The number of hydrogen-bond acceptors (Lipinski definition) is 4. The molecule has 0 bridgehead atoms. The molecule has 0 unspecified atom stereocenters. The van der Waals surface area contributed by atoms with Gasteiger partial charge in [-0.1, -0.05) is 58.5 Å². The fourth-order valence-electron chi connectivity index (χ4n) is 3.18.